The van der Waals surface area contributed by atoms with E-state index in [1.807, 2.05) is 66.7 Å². The third kappa shape index (κ3) is 2.73. The van der Waals surface area contributed by atoms with Crippen molar-refractivity contribution in [2.24, 2.45) is 0 Å². The highest BCUT2D eigenvalue weighted by Gasteiger charge is 2.15. The molecular formula is C21H16ClNO2. The fourth-order valence-electron chi connectivity index (χ4n) is 3.08. The van der Waals surface area contributed by atoms with E-state index < -0.39 is 0 Å². The average Bonchev–Trinajstić information content (AvgIpc) is 3.03. The summed E-state index contributed by atoms with van der Waals surface area (Å²) >= 11 is 6.04. The largest absolute Gasteiger partial charge is 0.507 e. The maximum Gasteiger partial charge on any atom is 0.124 e. The van der Waals surface area contributed by atoms with Crippen molar-refractivity contribution < 1.29 is 9.84 Å². The highest BCUT2D eigenvalue weighted by atomic mass is 35.5. The van der Waals surface area contributed by atoms with Crippen molar-refractivity contribution in [1.82, 2.24) is 4.57 Å². The first-order valence-corrected chi connectivity index (χ1v) is 8.29. The summed E-state index contributed by atoms with van der Waals surface area (Å²) in [6, 6.07) is 23.1. The first-order valence-electron chi connectivity index (χ1n) is 7.91. The van der Waals surface area contributed by atoms with Gasteiger partial charge in [-0.3, -0.25) is 0 Å². The van der Waals surface area contributed by atoms with Crippen LogP contribution in [-0.2, 0) is 0 Å². The minimum atomic E-state index is 0.259. The van der Waals surface area contributed by atoms with E-state index >= 15 is 0 Å². The summed E-state index contributed by atoms with van der Waals surface area (Å²) in [6.45, 7) is 0. The van der Waals surface area contributed by atoms with Crippen molar-refractivity contribution in [2.75, 3.05) is 7.11 Å². The maximum atomic E-state index is 10.3. The van der Waals surface area contributed by atoms with Crippen LogP contribution in [0.3, 0.4) is 0 Å². The highest BCUT2D eigenvalue weighted by Crippen LogP contribution is 2.36. The Morgan fingerprint density at radius 3 is 2.44 bits per heavy atom. The zero-order chi connectivity index (χ0) is 17.4. The van der Waals surface area contributed by atoms with Crippen LogP contribution in [0.5, 0.6) is 11.5 Å². The third-order valence-corrected chi connectivity index (χ3v) is 4.53. The van der Waals surface area contributed by atoms with Crippen LogP contribution in [0.25, 0.3) is 27.8 Å². The molecule has 1 aromatic heterocycles. The molecule has 0 saturated heterocycles. The predicted octanol–water partition coefficient (Wildman–Crippen LogP) is 5.67. The zero-order valence-corrected chi connectivity index (χ0v) is 14.4. The smallest absolute Gasteiger partial charge is 0.124 e. The first kappa shape index (κ1) is 15.6. The minimum Gasteiger partial charge on any atom is -0.507 e. The Labute approximate surface area is 150 Å². The van der Waals surface area contributed by atoms with Gasteiger partial charge in [-0.05, 0) is 48.0 Å². The van der Waals surface area contributed by atoms with Crippen LogP contribution < -0.4 is 4.74 Å². The van der Waals surface area contributed by atoms with Crippen molar-refractivity contribution >= 4 is 22.5 Å². The van der Waals surface area contributed by atoms with E-state index in [1.165, 1.54) is 0 Å². The van der Waals surface area contributed by atoms with Gasteiger partial charge in [-0.25, -0.2) is 0 Å². The number of aromatic nitrogens is 1. The molecule has 0 fully saturated rings. The van der Waals surface area contributed by atoms with E-state index in [-0.39, 0.29) is 5.75 Å². The van der Waals surface area contributed by atoms with E-state index in [0.717, 1.165) is 33.6 Å². The molecule has 0 aliphatic carbocycles. The number of nitrogens with zero attached hydrogens (tertiary/aromatic N) is 1. The molecule has 4 heteroatoms. The summed E-state index contributed by atoms with van der Waals surface area (Å²) in [5.74, 6) is 1.04. The minimum absolute atomic E-state index is 0.259. The quantitative estimate of drug-likeness (QED) is 0.517. The topological polar surface area (TPSA) is 34.4 Å². The number of hydrogen-bond acceptors (Lipinski definition) is 2. The van der Waals surface area contributed by atoms with E-state index in [0.29, 0.717) is 5.02 Å². The Bertz CT molecular complexity index is 1050. The molecule has 3 nitrogen and oxygen atoms in total. The third-order valence-electron chi connectivity index (χ3n) is 4.27. The van der Waals surface area contributed by atoms with Crippen molar-refractivity contribution in [3.05, 3.63) is 77.8 Å². The van der Waals surface area contributed by atoms with Crippen LogP contribution >= 0.6 is 11.6 Å². The van der Waals surface area contributed by atoms with Gasteiger partial charge in [-0.15, -0.1) is 0 Å². The van der Waals surface area contributed by atoms with Crippen LogP contribution in [0.15, 0.2) is 72.8 Å². The fourth-order valence-corrected chi connectivity index (χ4v) is 3.20. The van der Waals surface area contributed by atoms with Crippen LogP contribution in [0.2, 0.25) is 5.02 Å². The summed E-state index contributed by atoms with van der Waals surface area (Å²) < 4.78 is 7.48. The van der Waals surface area contributed by atoms with Crippen molar-refractivity contribution in [1.29, 1.82) is 0 Å². The number of fused-ring (bicyclic) bond motifs is 1. The summed E-state index contributed by atoms with van der Waals surface area (Å²) in [6.07, 6.45) is 0. The van der Waals surface area contributed by atoms with Crippen molar-refractivity contribution in [3.8, 4) is 28.4 Å². The zero-order valence-electron chi connectivity index (χ0n) is 13.6. The number of rotatable bonds is 3. The van der Waals surface area contributed by atoms with Gasteiger partial charge in [0.2, 0.25) is 0 Å². The molecule has 0 amide bonds. The molecule has 4 aromatic rings. The molecule has 0 spiro atoms. The number of benzene rings is 3. The number of methoxy groups -OCH3 is 1. The van der Waals surface area contributed by atoms with Crippen LogP contribution in [0.1, 0.15) is 0 Å². The van der Waals surface area contributed by atoms with Gasteiger partial charge < -0.3 is 14.4 Å². The summed E-state index contributed by atoms with van der Waals surface area (Å²) in [5.41, 5.74) is 3.88. The summed E-state index contributed by atoms with van der Waals surface area (Å²) in [5, 5.41) is 11.8. The second-order valence-electron chi connectivity index (χ2n) is 5.78. The molecule has 0 aliphatic heterocycles. The molecule has 124 valence electrons. The van der Waals surface area contributed by atoms with Crippen molar-refractivity contribution in [2.45, 2.75) is 0 Å². The van der Waals surface area contributed by atoms with Crippen LogP contribution in [0, 0.1) is 0 Å². The Kier molecular flexibility index (Phi) is 3.86. The molecule has 0 saturated carbocycles. The molecule has 25 heavy (non-hydrogen) atoms. The summed E-state index contributed by atoms with van der Waals surface area (Å²) in [4.78, 5) is 0. The Hall–Kier alpha value is -2.91. The van der Waals surface area contributed by atoms with Gasteiger partial charge in [0.05, 0.1) is 18.3 Å². The number of phenols is 1. The van der Waals surface area contributed by atoms with Gasteiger partial charge >= 0.3 is 0 Å². The molecule has 0 radical (unpaired) electrons. The van der Waals surface area contributed by atoms with Gasteiger partial charge in [-0.1, -0.05) is 35.9 Å². The van der Waals surface area contributed by atoms with Gasteiger partial charge in [-0.2, -0.15) is 0 Å². The van der Waals surface area contributed by atoms with Crippen LogP contribution in [0.4, 0.5) is 0 Å². The monoisotopic (exact) mass is 349 g/mol. The molecule has 1 N–H and O–H groups in total. The number of phenolic OH excluding ortho intramolecular Hbond substituents is 1. The molecular weight excluding hydrogens is 334 g/mol. The van der Waals surface area contributed by atoms with E-state index in [2.05, 4.69) is 4.57 Å². The average molecular weight is 350 g/mol. The lowest BCUT2D eigenvalue weighted by molar-refractivity contribution is 0.414. The number of halogens is 1. The van der Waals surface area contributed by atoms with Gasteiger partial charge in [0, 0.05) is 22.2 Å². The summed E-state index contributed by atoms with van der Waals surface area (Å²) in [7, 11) is 1.65. The fraction of sp³-hybridized carbons (Fsp3) is 0.0476. The Balaban J connectivity index is 2.04. The highest BCUT2D eigenvalue weighted by molar-refractivity contribution is 6.30. The van der Waals surface area contributed by atoms with Gasteiger partial charge in [0.25, 0.3) is 0 Å². The SMILES string of the molecule is COc1cccc(-n2c(-c3ccc(Cl)cc3)cc3c(O)cccc32)c1. The molecule has 4 rings (SSSR count). The second kappa shape index (κ2) is 6.19. The predicted molar refractivity (Wildman–Crippen MR) is 102 cm³/mol. The normalized spacial score (nSPS) is 11.0. The van der Waals surface area contributed by atoms with E-state index in [4.69, 9.17) is 16.3 Å². The number of ether oxygens (including phenoxy) is 1. The van der Waals surface area contributed by atoms with Crippen molar-refractivity contribution in [3.63, 3.8) is 0 Å². The number of aromatic hydroxyl groups is 1. The Morgan fingerprint density at radius 1 is 0.920 bits per heavy atom. The molecule has 1 heterocycles. The molecule has 3 aromatic carbocycles. The molecule has 0 unspecified atom stereocenters. The maximum absolute atomic E-state index is 10.3. The lowest BCUT2D eigenvalue weighted by Crippen LogP contribution is -1.97. The molecule has 0 atom stereocenters. The standard InChI is InChI=1S/C21H16ClNO2/c1-25-17-5-2-4-16(12-17)23-19-6-3-7-21(24)18(19)13-20(23)14-8-10-15(22)11-9-14/h2-13,24H,1H3. The second-order valence-corrected chi connectivity index (χ2v) is 6.22. The lowest BCUT2D eigenvalue weighted by atomic mass is 10.1. The first-order chi connectivity index (χ1) is 12.2. The molecule has 0 bridgehead atoms. The van der Waals surface area contributed by atoms with E-state index in [9.17, 15) is 5.11 Å². The molecule has 0 aliphatic rings. The van der Waals surface area contributed by atoms with Gasteiger partial charge in [0.15, 0.2) is 0 Å². The Morgan fingerprint density at radius 2 is 1.68 bits per heavy atom. The van der Waals surface area contributed by atoms with Crippen LogP contribution in [-0.4, -0.2) is 16.8 Å². The van der Waals surface area contributed by atoms with Gasteiger partial charge in [0.1, 0.15) is 11.5 Å². The number of hydrogen-bond donors (Lipinski definition) is 1. The van der Waals surface area contributed by atoms with E-state index in [1.54, 1.807) is 13.2 Å². The lowest BCUT2D eigenvalue weighted by Gasteiger charge is -2.12.